The standard InChI is InChI=1S/C12H14N2O2/c1-3-11(13-2)14-12(15)16-9-10-7-5-4-6-8-10/h3-8,11H,1-2,9H2,(H,14,15). The maximum Gasteiger partial charge on any atom is 0.409 e. The molecule has 1 rings (SSSR count). The van der Waals surface area contributed by atoms with Gasteiger partial charge in [0.1, 0.15) is 12.8 Å². The lowest BCUT2D eigenvalue weighted by Gasteiger charge is -2.10. The van der Waals surface area contributed by atoms with Gasteiger partial charge in [0.25, 0.3) is 0 Å². The predicted octanol–water partition coefficient (Wildman–Crippen LogP) is 2.13. The van der Waals surface area contributed by atoms with Gasteiger partial charge in [0, 0.05) is 0 Å². The summed E-state index contributed by atoms with van der Waals surface area (Å²) in [6.45, 7) is 7.04. The molecule has 0 aromatic heterocycles. The lowest BCUT2D eigenvalue weighted by Crippen LogP contribution is -2.32. The van der Waals surface area contributed by atoms with Crippen LogP contribution in [0.5, 0.6) is 0 Å². The minimum absolute atomic E-state index is 0.230. The largest absolute Gasteiger partial charge is 0.445 e. The van der Waals surface area contributed by atoms with Crippen molar-refractivity contribution in [2.75, 3.05) is 0 Å². The molecule has 0 aliphatic carbocycles. The van der Waals surface area contributed by atoms with E-state index in [1.165, 1.54) is 6.08 Å². The zero-order chi connectivity index (χ0) is 11.8. The number of alkyl carbamates (subject to hydrolysis) is 1. The van der Waals surface area contributed by atoms with Gasteiger partial charge in [-0.1, -0.05) is 36.9 Å². The first-order valence-electron chi connectivity index (χ1n) is 4.82. The van der Waals surface area contributed by atoms with Gasteiger partial charge >= 0.3 is 6.09 Å². The van der Waals surface area contributed by atoms with Gasteiger partial charge in [-0.05, 0) is 18.4 Å². The average molecular weight is 218 g/mol. The summed E-state index contributed by atoms with van der Waals surface area (Å²) in [7, 11) is 0. The molecule has 0 radical (unpaired) electrons. The van der Waals surface area contributed by atoms with Crippen LogP contribution in [-0.2, 0) is 11.3 Å². The Kier molecular flexibility index (Phi) is 4.79. The molecular formula is C12H14N2O2. The predicted molar refractivity (Wildman–Crippen MR) is 63.3 cm³/mol. The molecule has 1 aromatic rings. The van der Waals surface area contributed by atoms with Crippen LogP contribution in [-0.4, -0.2) is 19.0 Å². The Balaban J connectivity index is 2.36. The van der Waals surface area contributed by atoms with Crippen molar-refractivity contribution in [2.45, 2.75) is 12.8 Å². The molecule has 4 heteroatoms. The van der Waals surface area contributed by atoms with Crippen LogP contribution in [0.4, 0.5) is 4.79 Å². The summed E-state index contributed by atoms with van der Waals surface area (Å²) in [5, 5.41) is 2.48. The Morgan fingerprint density at radius 1 is 1.50 bits per heavy atom. The molecular weight excluding hydrogens is 204 g/mol. The number of hydrogen-bond acceptors (Lipinski definition) is 3. The SMILES string of the molecule is C=CC(N=C)NC(=O)OCc1ccccc1. The van der Waals surface area contributed by atoms with E-state index in [4.69, 9.17) is 4.74 Å². The van der Waals surface area contributed by atoms with E-state index in [1.54, 1.807) is 0 Å². The normalized spacial score (nSPS) is 11.2. The maximum absolute atomic E-state index is 11.3. The highest BCUT2D eigenvalue weighted by atomic mass is 16.5. The van der Waals surface area contributed by atoms with Crippen molar-refractivity contribution in [3.63, 3.8) is 0 Å². The Morgan fingerprint density at radius 2 is 2.19 bits per heavy atom. The van der Waals surface area contributed by atoms with E-state index in [0.29, 0.717) is 0 Å². The molecule has 16 heavy (non-hydrogen) atoms. The Labute approximate surface area is 94.7 Å². The molecule has 1 unspecified atom stereocenters. The number of benzene rings is 1. The van der Waals surface area contributed by atoms with Crippen LogP contribution in [0.1, 0.15) is 5.56 Å². The fraction of sp³-hybridized carbons (Fsp3) is 0.167. The van der Waals surface area contributed by atoms with Crippen molar-refractivity contribution in [1.82, 2.24) is 5.32 Å². The number of ether oxygens (including phenoxy) is 1. The van der Waals surface area contributed by atoms with Crippen molar-refractivity contribution < 1.29 is 9.53 Å². The quantitative estimate of drug-likeness (QED) is 0.608. The lowest BCUT2D eigenvalue weighted by atomic mass is 10.2. The summed E-state index contributed by atoms with van der Waals surface area (Å²) < 4.78 is 4.98. The molecule has 1 atom stereocenters. The number of nitrogens with one attached hydrogen (secondary N) is 1. The van der Waals surface area contributed by atoms with E-state index in [-0.39, 0.29) is 6.61 Å². The van der Waals surface area contributed by atoms with Gasteiger partial charge in [-0.2, -0.15) is 0 Å². The summed E-state index contributed by atoms with van der Waals surface area (Å²) in [6.07, 6.45) is 0.418. The van der Waals surface area contributed by atoms with Crippen molar-refractivity contribution in [3.8, 4) is 0 Å². The molecule has 0 heterocycles. The van der Waals surface area contributed by atoms with Crippen molar-refractivity contribution in [1.29, 1.82) is 0 Å². The molecule has 1 aromatic carbocycles. The first-order chi connectivity index (χ1) is 7.76. The molecule has 0 spiro atoms. The van der Waals surface area contributed by atoms with E-state index in [1.807, 2.05) is 30.3 Å². The maximum atomic E-state index is 11.3. The minimum Gasteiger partial charge on any atom is -0.445 e. The van der Waals surface area contributed by atoms with Crippen LogP contribution >= 0.6 is 0 Å². The molecule has 4 nitrogen and oxygen atoms in total. The topological polar surface area (TPSA) is 50.7 Å². The molecule has 84 valence electrons. The molecule has 0 saturated carbocycles. The van der Waals surface area contributed by atoms with Gasteiger partial charge in [-0.15, -0.1) is 0 Å². The van der Waals surface area contributed by atoms with Crippen LogP contribution in [0.3, 0.4) is 0 Å². The highest BCUT2D eigenvalue weighted by Gasteiger charge is 2.06. The second-order valence-electron chi connectivity index (χ2n) is 3.07. The number of rotatable bonds is 5. The van der Waals surface area contributed by atoms with Gasteiger partial charge in [0.15, 0.2) is 0 Å². The van der Waals surface area contributed by atoms with Gasteiger partial charge in [0.05, 0.1) is 0 Å². The van der Waals surface area contributed by atoms with Crippen LogP contribution < -0.4 is 5.32 Å². The van der Waals surface area contributed by atoms with E-state index in [9.17, 15) is 4.79 Å². The van der Waals surface area contributed by atoms with E-state index < -0.39 is 12.3 Å². The number of nitrogens with zero attached hydrogens (tertiary/aromatic N) is 1. The third-order valence-corrected chi connectivity index (χ3v) is 1.90. The van der Waals surface area contributed by atoms with Crippen LogP contribution in [0, 0.1) is 0 Å². The van der Waals surface area contributed by atoms with Gasteiger partial charge in [0.2, 0.25) is 0 Å². The number of carbonyl (C=O) groups excluding carboxylic acids is 1. The number of aliphatic imine (C=N–C) groups is 1. The van der Waals surface area contributed by atoms with Crippen molar-refractivity contribution >= 4 is 12.8 Å². The summed E-state index contributed by atoms with van der Waals surface area (Å²) in [4.78, 5) is 14.9. The van der Waals surface area contributed by atoms with Crippen molar-refractivity contribution in [2.24, 2.45) is 4.99 Å². The van der Waals surface area contributed by atoms with Gasteiger partial charge in [-0.25, -0.2) is 4.79 Å². The number of amides is 1. The van der Waals surface area contributed by atoms with Crippen molar-refractivity contribution in [3.05, 3.63) is 48.6 Å². The first kappa shape index (κ1) is 12.0. The first-order valence-corrected chi connectivity index (χ1v) is 4.82. The molecule has 0 saturated heterocycles. The highest BCUT2D eigenvalue weighted by molar-refractivity contribution is 5.68. The molecule has 0 fully saturated rings. The fourth-order valence-electron chi connectivity index (χ4n) is 1.06. The monoisotopic (exact) mass is 218 g/mol. The summed E-state index contributed by atoms with van der Waals surface area (Å²) in [5.41, 5.74) is 0.930. The molecule has 0 bridgehead atoms. The third-order valence-electron chi connectivity index (χ3n) is 1.90. The van der Waals surface area contributed by atoms with E-state index >= 15 is 0 Å². The second kappa shape index (κ2) is 6.40. The highest BCUT2D eigenvalue weighted by Crippen LogP contribution is 2.00. The zero-order valence-corrected chi connectivity index (χ0v) is 8.93. The Morgan fingerprint density at radius 3 is 2.75 bits per heavy atom. The van der Waals surface area contributed by atoms with E-state index in [2.05, 4.69) is 23.6 Å². The summed E-state index contributed by atoms with van der Waals surface area (Å²) >= 11 is 0. The summed E-state index contributed by atoms with van der Waals surface area (Å²) in [5.74, 6) is 0. The fourth-order valence-corrected chi connectivity index (χ4v) is 1.06. The van der Waals surface area contributed by atoms with Crippen LogP contribution in [0.15, 0.2) is 48.0 Å². The number of carbonyl (C=O) groups is 1. The molecule has 1 amide bonds. The van der Waals surface area contributed by atoms with Gasteiger partial charge in [-0.3, -0.25) is 10.3 Å². The molecule has 0 aliphatic rings. The lowest BCUT2D eigenvalue weighted by molar-refractivity contribution is 0.138. The second-order valence-corrected chi connectivity index (χ2v) is 3.07. The minimum atomic E-state index is -0.541. The van der Waals surface area contributed by atoms with Crippen LogP contribution in [0.25, 0.3) is 0 Å². The van der Waals surface area contributed by atoms with Gasteiger partial charge < -0.3 is 4.74 Å². The average Bonchev–Trinajstić information content (AvgIpc) is 2.34. The Bertz CT molecular complexity index is 355. The molecule has 1 N–H and O–H groups in total. The van der Waals surface area contributed by atoms with E-state index in [0.717, 1.165) is 5.56 Å². The smallest absolute Gasteiger partial charge is 0.409 e. The zero-order valence-electron chi connectivity index (χ0n) is 8.93. The summed E-state index contributed by atoms with van der Waals surface area (Å²) in [6, 6.07) is 9.43. The Hall–Kier alpha value is -2.10. The van der Waals surface area contributed by atoms with Crippen LogP contribution in [0.2, 0.25) is 0 Å². The third kappa shape index (κ3) is 3.96. The number of hydrogen-bond donors (Lipinski definition) is 1. The molecule has 0 aliphatic heterocycles.